The predicted octanol–water partition coefficient (Wildman–Crippen LogP) is 4.45. The monoisotopic (exact) mass is 296 g/mol. The van der Waals surface area contributed by atoms with Crippen molar-refractivity contribution in [3.05, 3.63) is 77.9 Å². The molecule has 1 N–H and O–H groups in total. The van der Waals surface area contributed by atoms with Crippen LogP contribution in [0.3, 0.4) is 0 Å². The molecule has 0 heterocycles. The van der Waals surface area contributed by atoms with Crippen LogP contribution >= 0.6 is 0 Å². The molecule has 2 heteroatoms. The quantitative estimate of drug-likeness (QED) is 0.780. The van der Waals surface area contributed by atoms with E-state index in [1.54, 1.807) is 0 Å². The molecule has 0 amide bonds. The van der Waals surface area contributed by atoms with Crippen molar-refractivity contribution in [1.82, 2.24) is 0 Å². The zero-order valence-corrected chi connectivity index (χ0v) is 13.1. The highest BCUT2D eigenvalue weighted by molar-refractivity contribution is 5.48. The Morgan fingerprint density at radius 2 is 1.64 bits per heavy atom. The lowest BCUT2D eigenvalue weighted by Gasteiger charge is -2.21. The van der Waals surface area contributed by atoms with Crippen LogP contribution in [0.4, 0.5) is 0 Å². The minimum Gasteiger partial charge on any atom is -0.390 e. The van der Waals surface area contributed by atoms with E-state index in [0.29, 0.717) is 19.4 Å². The molecule has 0 aliphatic rings. The molecule has 2 aromatic carbocycles. The molecule has 0 aliphatic heterocycles. The molecule has 0 saturated heterocycles. The number of ether oxygens (including phenoxy) is 1. The van der Waals surface area contributed by atoms with Crippen LogP contribution in [0.1, 0.15) is 30.9 Å². The van der Waals surface area contributed by atoms with Crippen molar-refractivity contribution in [3.8, 4) is 0 Å². The standard InChI is InChI=1S/C20H24O2/c1-2-19(21)20(22-16-18-12-7-4-8-13-18)15-9-14-17-10-5-3-6-11-17/h3-14,19-21H,2,15-16H2,1H3/b14-9+. The summed E-state index contributed by atoms with van der Waals surface area (Å²) >= 11 is 0. The molecule has 0 radical (unpaired) electrons. The van der Waals surface area contributed by atoms with E-state index in [-0.39, 0.29) is 6.10 Å². The average Bonchev–Trinajstić information content (AvgIpc) is 2.59. The maximum absolute atomic E-state index is 10.1. The van der Waals surface area contributed by atoms with E-state index in [4.69, 9.17) is 4.74 Å². The lowest BCUT2D eigenvalue weighted by Crippen LogP contribution is -2.27. The highest BCUT2D eigenvalue weighted by Crippen LogP contribution is 2.13. The molecule has 116 valence electrons. The second kappa shape index (κ2) is 9.19. The van der Waals surface area contributed by atoms with Gasteiger partial charge < -0.3 is 9.84 Å². The summed E-state index contributed by atoms with van der Waals surface area (Å²) in [5, 5.41) is 10.1. The van der Waals surface area contributed by atoms with Gasteiger partial charge in [0.1, 0.15) is 0 Å². The van der Waals surface area contributed by atoms with Gasteiger partial charge in [0.15, 0.2) is 0 Å². The van der Waals surface area contributed by atoms with Crippen LogP contribution in [0.2, 0.25) is 0 Å². The zero-order chi connectivity index (χ0) is 15.6. The van der Waals surface area contributed by atoms with E-state index >= 15 is 0 Å². The molecule has 2 aromatic rings. The van der Waals surface area contributed by atoms with Crippen molar-refractivity contribution >= 4 is 6.08 Å². The molecular weight excluding hydrogens is 272 g/mol. The van der Waals surface area contributed by atoms with Gasteiger partial charge >= 0.3 is 0 Å². The lowest BCUT2D eigenvalue weighted by atomic mass is 10.1. The second-order valence-corrected chi connectivity index (χ2v) is 5.36. The van der Waals surface area contributed by atoms with E-state index in [1.165, 1.54) is 0 Å². The summed E-state index contributed by atoms with van der Waals surface area (Å²) in [6, 6.07) is 20.2. The van der Waals surface area contributed by atoms with Gasteiger partial charge in [-0.25, -0.2) is 0 Å². The molecule has 0 spiro atoms. The van der Waals surface area contributed by atoms with Gasteiger partial charge in [-0.3, -0.25) is 0 Å². The minimum absolute atomic E-state index is 0.176. The van der Waals surface area contributed by atoms with E-state index in [2.05, 4.69) is 24.3 Å². The van der Waals surface area contributed by atoms with Crippen molar-refractivity contribution in [2.45, 2.75) is 38.6 Å². The van der Waals surface area contributed by atoms with Gasteiger partial charge in [0.2, 0.25) is 0 Å². The molecule has 0 aliphatic carbocycles. The Hall–Kier alpha value is -1.90. The molecule has 0 bridgehead atoms. The maximum Gasteiger partial charge on any atom is 0.0872 e. The predicted molar refractivity (Wildman–Crippen MR) is 91.4 cm³/mol. The Bertz CT molecular complexity index is 548. The molecule has 2 unspecified atom stereocenters. The largest absolute Gasteiger partial charge is 0.390 e. The number of hydrogen-bond donors (Lipinski definition) is 1. The first-order valence-corrected chi connectivity index (χ1v) is 7.84. The van der Waals surface area contributed by atoms with Crippen molar-refractivity contribution in [1.29, 1.82) is 0 Å². The van der Waals surface area contributed by atoms with Crippen LogP contribution in [0, 0.1) is 0 Å². The highest BCUT2D eigenvalue weighted by atomic mass is 16.5. The molecule has 2 atom stereocenters. The summed E-state index contributed by atoms with van der Waals surface area (Å²) in [4.78, 5) is 0. The van der Waals surface area contributed by atoms with Crippen LogP contribution in [0.15, 0.2) is 66.7 Å². The van der Waals surface area contributed by atoms with Crippen molar-refractivity contribution in [2.75, 3.05) is 0 Å². The van der Waals surface area contributed by atoms with Gasteiger partial charge in [0.05, 0.1) is 18.8 Å². The summed E-state index contributed by atoms with van der Waals surface area (Å²) in [6.07, 6.45) is 4.93. The third-order valence-electron chi connectivity index (χ3n) is 3.63. The van der Waals surface area contributed by atoms with E-state index in [1.807, 2.05) is 55.5 Å². The first-order chi connectivity index (χ1) is 10.8. The smallest absolute Gasteiger partial charge is 0.0872 e. The Morgan fingerprint density at radius 1 is 1.00 bits per heavy atom. The number of aliphatic hydroxyl groups excluding tert-OH is 1. The Kier molecular flexibility index (Phi) is 6.88. The first-order valence-electron chi connectivity index (χ1n) is 7.84. The average molecular weight is 296 g/mol. The normalized spacial score (nSPS) is 14.1. The summed E-state index contributed by atoms with van der Waals surface area (Å²) in [7, 11) is 0. The van der Waals surface area contributed by atoms with Crippen LogP contribution in [0.25, 0.3) is 6.08 Å². The third kappa shape index (κ3) is 5.47. The zero-order valence-electron chi connectivity index (χ0n) is 13.1. The van der Waals surface area contributed by atoms with Crippen molar-refractivity contribution in [3.63, 3.8) is 0 Å². The first kappa shape index (κ1) is 16.5. The Labute approximate surface area is 133 Å². The van der Waals surface area contributed by atoms with Crippen LogP contribution in [-0.4, -0.2) is 17.3 Å². The van der Waals surface area contributed by atoms with Gasteiger partial charge in [-0.05, 0) is 24.0 Å². The van der Waals surface area contributed by atoms with Gasteiger partial charge in [0, 0.05) is 0 Å². The topological polar surface area (TPSA) is 29.5 Å². The third-order valence-corrected chi connectivity index (χ3v) is 3.63. The second-order valence-electron chi connectivity index (χ2n) is 5.36. The van der Waals surface area contributed by atoms with Gasteiger partial charge in [-0.2, -0.15) is 0 Å². The summed E-state index contributed by atoms with van der Waals surface area (Å²) in [6.45, 7) is 2.51. The van der Waals surface area contributed by atoms with Crippen molar-refractivity contribution < 1.29 is 9.84 Å². The highest BCUT2D eigenvalue weighted by Gasteiger charge is 2.16. The fourth-order valence-electron chi connectivity index (χ4n) is 2.28. The van der Waals surface area contributed by atoms with Gasteiger partial charge in [0.25, 0.3) is 0 Å². The van der Waals surface area contributed by atoms with Gasteiger partial charge in [-0.1, -0.05) is 79.7 Å². The molecule has 0 saturated carbocycles. The van der Waals surface area contributed by atoms with E-state index in [9.17, 15) is 5.11 Å². The van der Waals surface area contributed by atoms with Gasteiger partial charge in [-0.15, -0.1) is 0 Å². The molecule has 22 heavy (non-hydrogen) atoms. The number of aliphatic hydroxyl groups is 1. The number of rotatable bonds is 8. The summed E-state index contributed by atoms with van der Waals surface area (Å²) in [5.41, 5.74) is 2.29. The lowest BCUT2D eigenvalue weighted by molar-refractivity contribution is -0.0446. The van der Waals surface area contributed by atoms with Crippen LogP contribution < -0.4 is 0 Å². The molecular formula is C20H24O2. The summed E-state index contributed by atoms with van der Waals surface area (Å²) in [5.74, 6) is 0. The fourth-order valence-corrected chi connectivity index (χ4v) is 2.28. The Balaban J connectivity index is 1.90. The number of hydrogen-bond acceptors (Lipinski definition) is 2. The SMILES string of the molecule is CCC(O)C(C/C=C/c1ccccc1)OCc1ccccc1. The molecule has 2 nitrogen and oxygen atoms in total. The minimum atomic E-state index is -0.441. The maximum atomic E-state index is 10.1. The van der Waals surface area contributed by atoms with Crippen LogP contribution in [-0.2, 0) is 11.3 Å². The van der Waals surface area contributed by atoms with Crippen molar-refractivity contribution in [2.24, 2.45) is 0 Å². The molecule has 0 fully saturated rings. The van der Waals surface area contributed by atoms with E-state index < -0.39 is 6.10 Å². The van der Waals surface area contributed by atoms with Crippen LogP contribution in [0.5, 0.6) is 0 Å². The Morgan fingerprint density at radius 3 is 2.27 bits per heavy atom. The number of benzene rings is 2. The summed E-state index contributed by atoms with van der Waals surface area (Å²) < 4.78 is 5.92. The molecule has 2 rings (SSSR count). The van der Waals surface area contributed by atoms with E-state index in [0.717, 1.165) is 11.1 Å². The molecule has 0 aromatic heterocycles. The fraction of sp³-hybridized carbons (Fsp3) is 0.300.